The number of nitrogens with zero attached hydrogens (tertiary/aromatic N) is 3. The first-order valence-corrected chi connectivity index (χ1v) is 10.9. The molecule has 1 aromatic heterocycles. The summed E-state index contributed by atoms with van der Waals surface area (Å²) in [6.07, 6.45) is 0.675. The van der Waals surface area contributed by atoms with Crippen LogP contribution < -0.4 is 0 Å². The monoisotopic (exact) mass is 449 g/mol. The summed E-state index contributed by atoms with van der Waals surface area (Å²) in [4.78, 5) is 31.8. The number of carboxylic acids is 2. The van der Waals surface area contributed by atoms with Crippen molar-refractivity contribution in [3.8, 4) is 0 Å². The number of sulfone groups is 2. The van der Waals surface area contributed by atoms with Crippen LogP contribution in [0.5, 0.6) is 0 Å². The zero-order valence-electron chi connectivity index (χ0n) is 14.7. The van der Waals surface area contributed by atoms with E-state index in [1.54, 1.807) is 0 Å². The first kappa shape index (κ1) is 21.0. The Hall–Kier alpha value is -3.71. The average Bonchev–Trinajstić information content (AvgIpc) is 2.74. The summed E-state index contributed by atoms with van der Waals surface area (Å²) in [5.41, 5.74) is -0.605. The third kappa shape index (κ3) is 3.88. The fourth-order valence-corrected chi connectivity index (χ4v) is 4.67. The Kier molecular flexibility index (Phi) is 5.33. The highest BCUT2D eigenvalue weighted by Crippen LogP contribution is 2.22. The SMILES string of the molecule is O=C(O)c1cccc(S(=O)(=O)c2ncnc(S(=O)(=O)c3cccc(C(=O)O)c3)n2)c1. The van der Waals surface area contributed by atoms with E-state index in [1.807, 2.05) is 0 Å². The highest BCUT2D eigenvalue weighted by molar-refractivity contribution is 7.92. The van der Waals surface area contributed by atoms with Crippen molar-refractivity contribution in [3.63, 3.8) is 0 Å². The van der Waals surface area contributed by atoms with Gasteiger partial charge in [0.2, 0.25) is 19.7 Å². The Morgan fingerprint density at radius 2 is 1.10 bits per heavy atom. The van der Waals surface area contributed by atoms with Crippen LogP contribution in [0.2, 0.25) is 0 Å². The number of rotatable bonds is 6. The van der Waals surface area contributed by atoms with Gasteiger partial charge in [-0.05, 0) is 36.4 Å². The molecular weight excluding hydrogens is 438 g/mol. The molecule has 0 aliphatic heterocycles. The van der Waals surface area contributed by atoms with Crippen LogP contribution in [-0.2, 0) is 19.7 Å². The van der Waals surface area contributed by atoms with E-state index in [4.69, 9.17) is 10.2 Å². The molecule has 2 N–H and O–H groups in total. The quantitative estimate of drug-likeness (QED) is 0.546. The van der Waals surface area contributed by atoms with Crippen molar-refractivity contribution in [2.24, 2.45) is 0 Å². The van der Waals surface area contributed by atoms with Crippen LogP contribution >= 0.6 is 0 Å². The van der Waals surface area contributed by atoms with Gasteiger partial charge in [0.05, 0.1) is 20.9 Å². The standard InChI is InChI=1S/C17H11N3O8S2/c21-14(22)10-3-1-5-12(7-10)29(25,26)16-18-9-19-17(20-16)30(27,28)13-6-2-4-11(8-13)15(23)24/h1-9H,(H,21,22)(H,23,24). The largest absolute Gasteiger partial charge is 0.478 e. The summed E-state index contributed by atoms with van der Waals surface area (Å²) in [7, 11) is -8.93. The number of hydrogen-bond acceptors (Lipinski definition) is 9. The number of aromatic nitrogens is 3. The van der Waals surface area contributed by atoms with Crippen LogP contribution in [0, 0.1) is 0 Å². The van der Waals surface area contributed by atoms with E-state index in [1.165, 1.54) is 24.3 Å². The van der Waals surface area contributed by atoms with E-state index in [2.05, 4.69) is 15.0 Å². The second kappa shape index (κ2) is 7.61. The highest BCUT2D eigenvalue weighted by Gasteiger charge is 2.28. The van der Waals surface area contributed by atoms with Crippen molar-refractivity contribution in [1.82, 2.24) is 15.0 Å². The summed E-state index contributed by atoms with van der Waals surface area (Å²) in [5.74, 6) is -2.71. The first-order chi connectivity index (χ1) is 14.0. The average molecular weight is 449 g/mol. The summed E-state index contributed by atoms with van der Waals surface area (Å²) >= 11 is 0. The lowest BCUT2D eigenvalue weighted by Crippen LogP contribution is -2.14. The van der Waals surface area contributed by atoms with Gasteiger partial charge in [-0.3, -0.25) is 0 Å². The maximum Gasteiger partial charge on any atom is 0.335 e. The predicted molar refractivity (Wildman–Crippen MR) is 97.5 cm³/mol. The molecule has 0 radical (unpaired) electrons. The molecule has 0 saturated carbocycles. The first-order valence-electron chi connectivity index (χ1n) is 7.89. The molecule has 0 unspecified atom stereocenters. The smallest absolute Gasteiger partial charge is 0.335 e. The second-order valence-electron chi connectivity index (χ2n) is 5.72. The number of carboxylic acid groups (broad SMARTS) is 2. The molecule has 3 aromatic rings. The lowest BCUT2D eigenvalue weighted by Gasteiger charge is -2.07. The van der Waals surface area contributed by atoms with Crippen molar-refractivity contribution in [3.05, 3.63) is 66.0 Å². The number of hydrogen-bond donors (Lipinski definition) is 2. The Morgan fingerprint density at radius 3 is 1.47 bits per heavy atom. The summed E-state index contributed by atoms with van der Waals surface area (Å²) in [6.45, 7) is 0. The molecule has 11 nitrogen and oxygen atoms in total. The lowest BCUT2D eigenvalue weighted by molar-refractivity contribution is 0.0685. The minimum Gasteiger partial charge on any atom is -0.478 e. The topological polar surface area (TPSA) is 182 Å². The van der Waals surface area contributed by atoms with Gasteiger partial charge in [-0.25, -0.2) is 36.4 Å². The van der Waals surface area contributed by atoms with Gasteiger partial charge in [-0.2, -0.15) is 4.98 Å². The highest BCUT2D eigenvalue weighted by atomic mass is 32.2. The van der Waals surface area contributed by atoms with Crippen molar-refractivity contribution in [2.45, 2.75) is 20.1 Å². The zero-order valence-corrected chi connectivity index (χ0v) is 16.3. The molecule has 0 amide bonds. The fraction of sp³-hybridized carbons (Fsp3) is 0. The summed E-state index contributed by atoms with van der Waals surface area (Å²) in [6, 6.07) is 8.74. The van der Waals surface area contributed by atoms with Crippen LogP contribution in [0.3, 0.4) is 0 Å². The normalized spacial score (nSPS) is 11.7. The lowest BCUT2D eigenvalue weighted by atomic mass is 10.2. The number of benzene rings is 2. The van der Waals surface area contributed by atoms with E-state index < -0.39 is 51.7 Å². The van der Waals surface area contributed by atoms with Crippen LogP contribution in [0.1, 0.15) is 20.7 Å². The van der Waals surface area contributed by atoms with E-state index in [0.29, 0.717) is 6.33 Å². The molecule has 0 fully saturated rings. The summed E-state index contributed by atoms with van der Waals surface area (Å²) in [5, 5.41) is 16.2. The van der Waals surface area contributed by atoms with Crippen molar-refractivity contribution in [1.29, 1.82) is 0 Å². The molecule has 30 heavy (non-hydrogen) atoms. The maximum absolute atomic E-state index is 12.7. The molecule has 154 valence electrons. The van der Waals surface area contributed by atoms with Gasteiger partial charge in [0, 0.05) is 0 Å². The van der Waals surface area contributed by atoms with Crippen LogP contribution in [0.25, 0.3) is 0 Å². The number of carbonyl (C=O) groups is 2. The van der Waals surface area contributed by atoms with Crippen LogP contribution in [0.4, 0.5) is 0 Å². The Bertz CT molecular complexity index is 1280. The van der Waals surface area contributed by atoms with Crippen molar-refractivity contribution < 1.29 is 36.6 Å². The molecule has 2 aromatic carbocycles. The van der Waals surface area contributed by atoms with Gasteiger partial charge in [0.1, 0.15) is 6.33 Å². The molecule has 3 rings (SSSR count). The molecule has 0 atom stereocenters. The molecule has 0 bridgehead atoms. The van der Waals surface area contributed by atoms with Crippen LogP contribution in [0.15, 0.2) is 75.0 Å². The van der Waals surface area contributed by atoms with E-state index in [-0.39, 0.29) is 11.1 Å². The van der Waals surface area contributed by atoms with Gasteiger partial charge in [-0.1, -0.05) is 12.1 Å². The van der Waals surface area contributed by atoms with E-state index in [0.717, 1.165) is 24.3 Å². The van der Waals surface area contributed by atoms with Crippen molar-refractivity contribution in [2.75, 3.05) is 0 Å². The molecule has 0 aliphatic carbocycles. The minimum absolute atomic E-state index is 0.302. The zero-order chi connectivity index (χ0) is 22.1. The molecule has 0 aliphatic rings. The Labute approximate surface area is 169 Å². The second-order valence-corrected chi connectivity index (χ2v) is 9.41. The van der Waals surface area contributed by atoms with Gasteiger partial charge >= 0.3 is 11.9 Å². The minimum atomic E-state index is -4.47. The predicted octanol–water partition coefficient (Wildman–Crippen LogP) is 0.934. The Balaban J connectivity index is 2.10. The molecular formula is C17H11N3O8S2. The van der Waals surface area contributed by atoms with Gasteiger partial charge < -0.3 is 10.2 Å². The van der Waals surface area contributed by atoms with Crippen molar-refractivity contribution >= 4 is 31.6 Å². The third-order valence-corrected chi connectivity index (χ3v) is 6.89. The fourth-order valence-electron chi connectivity index (χ4n) is 2.33. The van der Waals surface area contributed by atoms with Gasteiger partial charge in [0.25, 0.3) is 10.3 Å². The molecule has 1 heterocycles. The van der Waals surface area contributed by atoms with E-state index in [9.17, 15) is 26.4 Å². The summed E-state index contributed by atoms with van der Waals surface area (Å²) < 4.78 is 51.0. The third-order valence-electron chi connectivity index (χ3n) is 3.79. The number of aromatic carboxylic acids is 2. The molecule has 13 heteroatoms. The van der Waals surface area contributed by atoms with Gasteiger partial charge in [-0.15, -0.1) is 0 Å². The molecule has 0 saturated heterocycles. The maximum atomic E-state index is 12.7. The molecule has 0 spiro atoms. The van der Waals surface area contributed by atoms with E-state index >= 15 is 0 Å². The van der Waals surface area contributed by atoms with Crippen LogP contribution in [-0.4, -0.2) is 53.9 Å². The van der Waals surface area contributed by atoms with Gasteiger partial charge in [0.15, 0.2) is 0 Å². The Morgan fingerprint density at radius 1 is 0.700 bits per heavy atom.